The van der Waals surface area contributed by atoms with Crippen molar-refractivity contribution in [1.82, 2.24) is 0 Å². The van der Waals surface area contributed by atoms with Gasteiger partial charge in [-0.15, -0.1) is 0 Å². The van der Waals surface area contributed by atoms with Crippen molar-refractivity contribution in [3.63, 3.8) is 0 Å². The maximum atomic E-state index is 12.7. The van der Waals surface area contributed by atoms with Gasteiger partial charge in [-0.25, -0.2) is 0 Å². The number of hydrogen-bond acceptors (Lipinski definition) is 3. The van der Waals surface area contributed by atoms with Gasteiger partial charge in [0, 0.05) is 0 Å². The Labute approximate surface area is 127 Å². The van der Waals surface area contributed by atoms with Gasteiger partial charge in [-0.1, -0.05) is 48.5 Å². The van der Waals surface area contributed by atoms with Gasteiger partial charge < -0.3 is 9.84 Å². The van der Waals surface area contributed by atoms with Gasteiger partial charge in [0.05, 0.1) is 5.56 Å². The average Bonchev–Trinajstić information content (AvgIpc) is 2.58. The van der Waals surface area contributed by atoms with E-state index in [1.165, 1.54) is 0 Å². The highest BCUT2D eigenvalue weighted by Crippen LogP contribution is 2.36. The van der Waals surface area contributed by atoms with Crippen LogP contribution in [0.3, 0.4) is 0 Å². The lowest BCUT2D eigenvalue weighted by Gasteiger charge is -2.32. The molecular formula is C19H14O3. The Morgan fingerprint density at radius 1 is 0.909 bits per heavy atom. The van der Waals surface area contributed by atoms with E-state index in [2.05, 4.69) is 0 Å². The van der Waals surface area contributed by atoms with Crippen molar-refractivity contribution < 1.29 is 14.6 Å². The fourth-order valence-electron chi connectivity index (χ4n) is 2.91. The summed E-state index contributed by atoms with van der Waals surface area (Å²) in [5.41, 5.74) is -0.659. The lowest BCUT2D eigenvalue weighted by atomic mass is 9.84. The van der Waals surface area contributed by atoms with Crippen molar-refractivity contribution in [2.45, 2.75) is 5.60 Å². The van der Waals surface area contributed by atoms with Gasteiger partial charge in [-0.05, 0) is 34.5 Å². The number of para-hydroxylation sites is 1. The number of hydrogen-bond donors (Lipinski definition) is 1. The summed E-state index contributed by atoms with van der Waals surface area (Å²) in [6.07, 6.45) is 0. The zero-order valence-electron chi connectivity index (χ0n) is 11.8. The summed E-state index contributed by atoms with van der Waals surface area (Å²) in [5, 5.41) is 13.0. The van der Waals surface area contributed by atoms with E-state index in [4.69, 9.17) is 4.74 Å². The van der Waals surface area contributed by atoms with Crippen LogP contribution >= 0.6 is 0 Å². The predicted molar refractivity (Wildman–Crippen MR) is 84.1 cm³/mol. The van der Waals surface area contributed by atoms with E-state index in [1.54, 1.807) is 24.3 Å². The first-order valence-corrected chi connectivity index (χ1v) is 7.17. The molecule has 22 heavy (non-hydrogen) atoms. The van der Waals surface area contributed by atoms with Crippen LogP contribution in [0.5, 0.6) is 5.75 Å². The molecule has 3 nitrogen and oxygen atoms in total. The summed E-state index contributed by atoms with van der Waals surface area (Å²) >= 11 is 0. The molecule has 0 radical (unpaired) electrons. The molecule has 4 rings (SSSR count). The molecule has 3 aromatic carbocycles. The Balaban J connectivity index is 1.85. The first-order valence-electron chi connectivity index (χ1n) is 7.17. The van der Waals surface area contributed by atoms with Gasteiger partial charge in [-0.2, -0.15) is 0 Å². The largest absolute Gasteiger partial charge is 0.489 e. The first kappa shape index (κ1) is 13.0. The van der Waals surface area contributed by atoms with Crippen LogP contribution in [-0.2, 0) is 5.60 Å². The van der Waals surface area contributed by atoms with Gasteiger partial charge >= 0.3 is 0 Å². The first-order chi connectivity index (χ1) is 10.7. The van der Waals surface area contributed by atoms with Crippen LogP contribution < -0.4 is 4.74 Å². The third-order valence-electron chi connectivity index (χ3n) is 4.17. The number of carbonyl (C=O) groups is 1. The van der Waals surface area contributed by atoms with Gasteiger partial charge in [-0.3, -0.25) is 4.79 Å². The van der Waals surface area contributed by atoms with Gasteiger partial charge in [0.15, 0.2) is 5.60 Å². The fourth-order valence-corrected chi connectivity index (χ4v) is 2.91. The minimum atomic E-state index is -1.64. The minimum absolute atomic E-state index is 0.0683. The Morgan fingerprint density at radius 3 is 2.50 bits per heavy atom. The second-order valence-electron chi connectivity index (χ2n) is 5.54. The molecular weight excluding hydrogens is 276 g/mol. The minimum Gasteiger partial charge on any atom is -0.489 e. The summed E-state index contributed by atoms with van der Waals surface area (Å²) < 4.78 is 5.61. The second-order valence-corrected chi connectivity index (χ2v) is 5.54. The highest BCUT2D eigenvalue weighted by Gasteiger charge is 2.43. The molecule has 0 aliphatic carbocycles. The molecule has 0 bridgehead atoms. The van der Waals surface area contributed by atoms with E-state index in [-0.39, 0.29) is 12.4 Å². The summed E-state index contributed by atoms with van der Waals surface area (Å²) in [6, 6.07) is 20.4. The van der Waals surface area contributed by atoms with Crippen molar-refractivity contribution in [2.75, 3.05) is 6.61 Å². The molecule has 1 aliphatic rings. The van der Waals surface area contributed by atoms with E-state index >= 15 is 0 Å². The molecule has 3 heteroatoms. The van der Waals surface area contributed by atoms with Crippen LogP contribution in [0, 0.1) is 0 Å². The molecule has 0 saturated heterocycles. The lowest BCUT2D eigenvalue weighted by Crippen LogP contribution is -2.44. The molecule has 1 N–H and O–H groups in total. The molecule has 0 aromatic heterocycles. The molecule has 1 atom stereocenters. The van der Waals surface area contributed by atoms with E-state index < -0.39 is 5.60 Å². The second kappa shape index (κ2) is 4.68. The smallest absolute Gasteiger partial charge is 0.206 e. The Morgan fingerprint density at radius 2 is 1.64 bits per heavy atom. The Hall–Kier alpha value is -2.65. The number of aliphatic hydroxyl groups is 1. The van der Waals surface area contributed by atoms with Crippen LogP contribution in [0.25, 0.3) is 10.8 Å². The summed E-state index contributed by atoms with van der Waals surface area (Å²) in [6.45, 7) is -0.0683. The van der Waals surface area contributed by atoms with E-state index in [0.29, 0.717) is 16.9 Å². The van der Waals surface area contributed by atoms with Gasteiger partial charge in [0.2, 0.25) is 5.78 Å². The maximum Gasteiger partial charge on any atom is 0.206 e. The SMILES string of the molecule is O=C1c2ccccc2OC[C@@]1(O)c1ccc2ccccc2c1. The van der Waals surface area contributed by atoms with E-state index in [9.17, 15) is 9.90 Å². The predicted octanol–water partition coefficient (Wildman–Crippen LogP) is 3.30. The number of rotatable bonds is 1. The zero-order chi connectivity index (χ0) is 15.2. The molecule has 0 spiro atoms. The third-order valence-corrected chi connectivity index (χ3v) is 4.17. The third kappa shape index (κ3) is 1.83. The number of carbonyl (C=O) groups excluding carboxylic acids is 1. The monoisotopic (exact) mass is 290 g/mol. The molecule has 0 amide bonds. The van der Waals surface area contributed by atoms with Crippen molar-refractivity contribution >= 4 is 16.6 Å². The molecule has 108 valence electrons. The summed E-state index contributed by atoms with van der Waals surface area (Å²) in [4.78, 5) is 12.7. The van der Waals surface area contributed by atoms with E-state index in [1.807, 2.05) is 42.5 Å². The number of ketones is 1. The van der Waals surface area contributed by atoms with Crippen LogP contribution in [0.1, 0.15) is 15.9 Å². The number of ether oxygens (including phenoxy) is 1. The quantitative estimate of drug-likeness (QED) is 0.748. The Kier molecular flexibility index (Phi) is 2.78. The summed E-state index contributed by atoms with van der Waals surface area (Å²) in [5.74, 6) is 0.211. The number of Topliss-reactive ketones (excluding diaryl/α,β-unsaturated/α-hetero) is 1. The molecule has 0 fully saturated rings. The topological polar surface area (TPSA) is 46.5 Å². The standard InChI is InChI=1S/C19H14O3/c20-18-16-7-3-4-8-17(16)22-12-19(18,21)15-10-9-13-5-1-2-6-14(13)11-15/h1-11,21H,12H2/t19-/m1/s1. The van der Waals surface area contributed by atoms with Crippen LogP contribution in [0.2, 0.25) is 0 Å². The Bertz CT molecular complexity index is 884. The highest BCUT2D eigenvalue weighted by atomic mass is 16.5. The zero-order valence-corrected chi connectivity index (χ0v) is 11.8. The lowest BCUT2D eigenvalue weighted by molar-refractivity contribution is -0.00497. The maximum absolute atomic E-state index is 12.7. The van der Waals surface area contributed by atoms with Crippen LogP contribution in [-0.4, -0.2) is 17.5 Å². The normalized spacial score (nSPS) is 20.5. The average molecular weight is 290 g/mol. The molecule has 0 saturated carbocycles. The van der Waals surface area contributed by atoms with Crippen LogP contribution in [0.15, 0.2) is 66.7 Å². The van der Waals surface area contributed by atoms with Gasteiger partial charge in [0.25, 0.3) is 0 Å². The van der Waals surface area contributed by atoms with Crippen molar-refractivity contribution in [3.05, 3.63) is 77.9 Å². The molecule has 0 unspecified atom stereocenters. The van der Waals surface area contributed by atoms with Crippen LogP contribution in [0.4, 0.5) is 0 Å². The van der Waals surface area contributed by atoms with Crippen molar-refractivity contribution in [2.24, 2.45) is 0 Å². The molecule has 3 aromatic rings. The van der Waals surface area contributed by atoms with Crippen molar-refractivity contribution in [3.8, 4) is 5.75 Å². The number of benzene rings is 3. The highest BCUT2D eigenvalue weighted by molar-refractivity contribution is 6.06. The van der Waals surface area contributed by atoms with E-state index in [0.717, 1.165) is 10.8 Å². The summed E-state index contributed by atoms with van der Waals surface area (Å²) in [7, 11) is 0. The molecule has 1 heterocycles. The molecule has 1 aliphatic heterocycles. The van der Waals surface area contributed by atoms with Crippen molar-refractivity contribution in [1.29, 1.82) is 0 Å². The number of fused-ring (bicyclic) bond motifs is 2. The van der Waals surface area contributed by atoms with Gasteiger partial charge in [0.1, 0.15) is 12.4 Å². The fraction of sp³-hybridized carbons (Fsp3) is 0.105.